The Morgan fingerprint density at radius 1 is 1.00 bits per heavy atom. The maximum atomic E-state index is 6.51. The maximum absolute atomic E-state index is 6.51. The number of benzene rings is 2. The van der Waals surface area contributed by atoms with Crippen LogP contribution in [0.3, 0.4) is 0 Å². The number of likely N-dealkylation sites (tertiary alicyclic amines) is 1. The normalized spacial score (nSPS) is 23.5. The minimum atomic E-state index is 0.0305. The van der Waals surface area contributed by atoms with Crippen molar-refractivity contribution in [3.8, 4) is 0 Å². The molecule has 4 rings (SSSR count). The van der Waals surface area contributed by atoms with Crippen molar-refractivity contribution in [2.45, 2.75) is 42.8 Å². The fourth-order valence-electron chi connectivity index (χ4n) is 4.27. The number of piperidine rings is 1. The van der Waals surface area contributed by atoms with Gasteiger partial charge in [-0.3, -0.25) is 0 Å². The first kappa shape index (κ1) is 19.0. The van der Waals surface area contributed by atoms with Gasteiger partial charge >= 0.3 is 0 Å². The Balaban J connectivity index is 1.31. The molecular weight excluding hydrogens is 352 g/mol. The molecular formula is C23H30N2OS. The lowest BCUT2D eigenvalue weighted by atomic mass is 9.89. The van der Waals surface area contributed by atoms with Crippen LogP contribution in [0.25, 0.3) is 0 Å². The summed E-state index contributed by atoms with van der Waals surface area (Å²) in [5.74, 6) is 0. The van der Waals surface area contributed by atoms with Crippen LogP contribution in [0.1, 0.15) is 25.3 Å². The van der Waals surface area contributed by atoms with Gasteiger partial charge in [0, 0.05) is 37.6 Å². The van der Waals surface area contributed by atoms with E-state index in [2.05, 4.69) is 76.8 Å². The molecule has 2 saturated heterocycles. The van der Waals surface area contributed by atoms with Gasteiger partial charge in [0.25, 0.3) is 0 Å². The minimum Gasteiger partial charge on any atom is -0.369 e. The first-order chi connectivity index (χ1) is 13.2. The molecule has 0 radical (unpaired) electrons. The molecule has 2 aromatic rings. The molecule has 2 aliphatic rings. The van der Waals surface area contributed by atoms with E-state index in [0.717, 1.165) is 52.0 Å². The third-order valence-electron chi connectivity index (χ3n) is 5.68. The summed E-state index contributed by atoms with van der Waals surface area (Å²) in [5, 5.41) is 0. The lowest BCUT2D eigenvalue weighted by Gasteiger charge is -2.49. The van der Waals surface area contributed by atoms with E-state index in [1.807, 2.05) is 11.9 Å². The molecule has 0 aliphatic carbocycles. The van der Waals surface area contributed by atoms with E-state index >= 15 is 0 Å². The van der Waals surface area contributed by atoms with Crippen molar-refractivity contribution < 1.29 is 4.74 Å². The molecule has 0 saturated carbocycles. The topological polar surface area (TPSA) is 15.7 Å². The fourth-order valence-corrected chi connectivity index (χ4v) is 5.43. The van der Waals surface area contributed by atoms with Crippen LogP contribution in [0.2, 0.25) is 0 Å². The first-order valence-corrected chi connectivity index (χ1v) is 10.9. The number of nitrogens with zero attached hydrogens (tertiary/aromatic N) is 2. The highest BCUT2D eigenvalue weighted by molar-refractivity contribution is 7.97. The fraction of sp³-hybridized carbons (Fsp3) is 0.478. The average molecular weight is 383 g/mol. The van der Waals surface area contributed by atoms with Crippen molar-refractivity contribution >= 4 is 11.9 Å². The highest BCUT2D eigenvalue weighted by Crippen LogP contribution is 2.36. The molecule has 2 aliphatic heterocycles. The van der Waals surface area contributed by atoms with Crippen LogP contribution in [-0.2, 0) is 11.2 Å². The van der Waals surface area contributed by atoms with Gasteiger partial charge in [0.2, 0.25) is 0 Å². The van der Waals surface area contributed by atoms with E-state index in [9.17, 15) is 0 Å². The van der Waals surface area contributed by atoms with E-state index in [-0.39, 0.29) is 5.60 Å². The largest absolute Gasteiger partial charge is 0.369 e. The van der Waals surface area contributed by atoms with Crippen LogP contribution in [-0.4, -0.2) is 53.6 Å². The van der Waals surface area contributed by atoms with Crippen molar-refractivity contribution in [3.63, 3.8) is 0 Å². The number of hydrogen-bond donors (Lipinski definition) is 0. The summed E-state index contributed by atoms with van der Waals surface area (Å²) < 4.78 is 9.03. The second kappa shape index (κ2) is 8.78. The standard InChI is InChI=1S/C23H30N2OS/c1-20-18-25(27-22-10-6-3-7-11-22)19-23(26-20)13-16-24(17-14-23)15-12-21-8-4-2-5-9-21/h2-11,20H,12-19H2,1H3. The summed E-state index contributed by atoms with van der Waals surface area (Å²) in [7, 11) is 0. The molecule has 0 N–H and O–H groups in total. The number of hydrogen-bond acceptors (Lipinski definition) is 4. The highest BCUT2D eigenvalue weighted by Gasteiger charge is 2.42. The van der Waals surface area contributed by atoms with Crippen molar-refractivity contribution in [3.05, 3.63) is 66.2 Å². The van der Waals surface area contributed by atoms with Crippen LogP contribution in [0, 0.1) is 0 Å². The van der Waals surface area contributed by atoms with Crippen LogP contribution >= 0.6 is 11.9 Å². The molecule has 1 spiro atoms. The van der Waals surface area contributed by atoms with E-state index in [1.165, 1.54) is 10.5 Å². The lowest BCUT2D eigenvalue weighted by molar-refractivity contribution is -0.153. The van der Waals surface area contributed by atoms with Gasteiger partial charge in [-0.15, -0.1) is 0 Å². The summed E-state index contributed by atoms with van der Waals surface area (Å²) in [5.41, 5.74) is 1.47. The van der Waals surface area contributed by atoms with E-state index in [4.69, 9.17) is 4.74 Å². The Bertz CT molecular complexity index is 701. The zero-order valence-electron chi connectivity index (χ0n) is 16.2. The molecule has 1 unspecified atom stereocenters. The van der Waals surface area contributed by atoms with E-state index in [0.29, 0.717) is 6.10 Å². The smallest absolute Gasteiger partial charge is 0.0846 e. The van der Waals surface area contributed by atoms with Gasteiger partial charge < -0.3 is 9.64 Å². The Kier molecular flexibility index (Phi) is 6.18. The summed E-state index contributed by atoms with van der Waals surface area (Å²) >= 11 is 1.88. The second-order valence-corrected chi connectivity index (χ2v) is 9.09. The lowest BCUT2D eigenvalue weighted by Crippen LogP contribution is -2.57. The Labute approximate surface area is 167 Å². The first-order valence-electron chi connectivity index (χ1n) is 10.1. The van der Waals surface area contributed by atoms with Crippen molar-refractivity contribution in [2.75, 3.05) is 32.7 Å². The van der Waals surface area contributed by atoms with Gasteiger partial charge in [0.05, 0.1) is 11.7 Å². The molecule has 4 heteroatoms. The Morgan fingerprint density at radius 2 is 1.67 bits per heavy atom. The van der Waals surface area contributed by atoms with Gasteiger partial charge in [-0.25, -0.2) is 4.31 Å². The SMILES string of the molecule is CC1CN(Sc2ccccc2)CC2(CCN(CCc3ccccc3)CC2)O1. The second-order valence-electron chi connectivity index (χ2n) is 7.92. The summed E-state index contributed by atoms with van der Waals surface area (Å²) in [6.45, 7) is 7.69. The molecule has 0 aromatic heterocycles. The molecule has 0 amide bonds. The highest BCUT2D eigenvalue weighted by atomic mass is 32.2. The van der Waals surface area contributed by atoms with Crippen LogP contribution in [0.4, 0.5) is 0 Å². The monoisotopic (exact) mass is 382 g/mol. The summed E-state index contributed by atoms with van der Waals surface area (Å²) in [4.78, 5) is 3.93. The minimum absolute atomic E-state index is 0.0305. The van der Waals surface area contributed by atoms with E-state index < -0.39 is 0 Å². The molecule has 144 valence electrons. The molecule has 2 aromatic carbocycles. The number of morpholine rings is 1. The zero-order chi connectivity index (χ0) is 18.5. The molecule has 1 atom stereocenters. The van der Waals surface area contributed by atoms with Crippen molar-refractivity contribution in [2.24, 2.45) is 0 Å². The summed E-state index contributed by atoms with van der Waals surface area (Å²) in [6.07, 6.45) is 3.71. The van der Waals surface area contributed by atoms with Crippen LogP contribution in [0.5, 0.6) is 0 Å². The van der Waals surface area contributed by atoms with Crippen molar-refractivity contribution in [1.29, 1.82) is 0 Å². The molecule has 27 heavy (non-hydrogen) atoms. The maximum Gasteiger partial charge on any atom is 0.0846 e. The van der Waals surface area contributed by atoms with Gasteiger partial charge in [-0.05, 0) is 55.8 Å². The molecule has 2 heterocycles. The Hall–Kier alpha value is -1.33. The molecule has 2 fully saturated rings. The van der Waals surface area contributed by atoms with Gasteiger partial charge in [-0.2, -0.15) is 0 Å². The van der Waals surface area contributed by atoms with Gasteiger partial charge in [0.15, 0.2) is 0 Å². The molecule has 0 bridgehead atoms. The predicted octanol–water partition coefficient (Wildman–Crippen LogP) is 4.49. The zero-order valence-corrected chi connectivity index (χ0v) is 17.0. The van der Waals surface area contributed by atoms with Crippen LogP contribution < -0.4 is 0 Å². The predicted molar refractivity (Wildman–Crippen MR) is 113 cm³/mol. The Morgan fingerprint density at radius 3 is 2.37 bits per heavy atom. The third kappa shape index (κ3) is 5.14. The average Bonchev–Trinajstić information content (AvgIpc) is 2.69. The number of ether oxygens (including phenoxy) is 1. The van der Waals surface area contributed by atoms with E-state index in [1.54, 1.807) is 0 Å². The van der Waals surface area contributed by atoms with Gasteiger partial charge in [-0.1, -0.05) is 48.5 Å². The summed E-state index contributed by atoms with van der Waals surface area (Å²) in [6, 6.07) is 21.5. The van der Waals surface area contributed by atoms with Crippen LogP contribution in [0.15, 0.2) is 65.6 Å². The van der Waals surface area contributed by atoms with Gasteiger partial charge in [0.1, 0.15) is 0 Å². The molecule has 3 nitrogen and oxygen atoms in total. The van der Waals surface area contributed by atoms with Crippen molar-refractivity contribution in [1.82, 2.24) is 9.21 Å². The quantitative estimate of drug-likeness (QED) is 0.708. The number of rotatable bonds is 5. The third-order valence-corrected chi connectivity index (χ3v) is 6.70.